The molecular weight excluding hydrogens is 480 g/mol. The molecule has 8 nitrogen and oxygen atoms in total. The number of fused-ring (bicyclic) bond motifs is 1. The highest BCUT2D eigenvalue weighted by atomic mass is 16.4. The summed E-state index contributed by atoms with van der Waals surface area (Å²) in [6, 6.07) is 15.3. The Bertz CT molecular complexity index is 1440. The first-order valence-corrected chi connectivity index (χ1v) is 13.4. The Kier molecular flexibility index (Phi) is 6.72. The molecule has 196 valence electrons. The number of hydrogen-bond donors (Lipinski definition) is 2. The lowest BCUT2D eigenvalue weighted by atomic mass is 9.95. The number of carboxylic acids is 1. The van der Waals surface area contributed by atoms with E-state index >= 15 is 0 Å². The molecule has 1 saturated carbocycles. The predicted octanol–water partition coefficient (Wildman–Crippen LogP) is 5.50. The van der Waals surface area contributed by atoms with E-state index in [0.717, 1.165) is 66.9 Å². The number of rotatable bonds is 7. The van der Waals surface area contributed by atoms with Crippen molar-refractivity contribution in [2.45, 2.75) is 57.2 Å². The van der Waals surface area contributed by atoms with Gasteiger partial charge < -0.3 is 19.4 Å². The fourth-order valence-corrected chi connectivity index (χ4v) is 5.92. The van der Waals surface area contributed by atoms with Crippen LogP contribution in [0.2, 0.25) is 0 Å². The van der Waals surface area contributed by atoms with Gasteiger partial charge in [0.15, 0.2) is 0 Å². The van der Waals surface area contributed by atoms with Gasteiger partial charge in [-0.3, -0.25) is 9.69 Å². The summed E-state index contributed by atoms with van der Waals surface area (Å²) in [4.78, 5) is 31.5. The molecule has 2 N–H and O–H groups in total. The molecule has 6 rings (SSSR count). The number of amides is 1. The second-order valence-electron chi connectivity index (χ2n) is 10.5. The van der Waals surface area contributed by atoms with Crippen molar-refractivity contribution in [2.24, 2.45) is 0 Å². The molecule has 4 aromatic rings. The number of nitrogens with one attached hydrogen (secondary N) is 1. The Morgan fingerprint density at radius 1 is 1.00 bits per heavy atom. The van der Waals surface area contributed by atoms with Crippen LogP contribution in [0.4, 0.5) is 0 Å². The molecule has 0 radical (unpaired) electrons. The van der Waals surface area contributed by atoms with Crippen LogP contribution in [-0.4, -0.2) is 50.6 Å². The number of aromatic nitrogens is 2. The lowest BCUT2D eigenvalue weighted by molar-refractivity contribution is 0.0696. The van der Waals surface area contributed by atoms with Gasteiger partial charge in [0.1, 0.15) is 12.1 Å². The second kappa shape index (κ2) is 10.5. The quantitative estimate of drug-likeness (QED) is 0.339. The van der Waals surface area contributed by atoms with Crippen molar-refractivity contribution in [2.75, 3.05) is 13.1 Å². The molecule has 3 heterocycles. The molecule has 1 saturated heterocycles. The van der Waals surface area contributed by atoms with Crippen LogP contribution < -0.4 is 5.32 Å². The summed E-state index contributed by atoms with van der Waals surface area (Å²) in [7, 11) is 0. The summed E-state index contributed by atoms with van der Waals surface area (Å²) in [6.07, 6.45) is 10.3. The maximum atomic E-state index is 13.2. The normalized spacial score (nSPS) is 18.7. The number of likely N-dealkylation sites (tertiary alicyclic amines) is 1. The van der Waals surface area contributed by atoms with Crippen LogP contribution in [0.15, 0.2) is 65.5 Å². The van der Waals surface area contributed by atoms with Gasteiger partial charge in [-0.2, -0.15) is 0 Å². The monoisotopic (exact) mass is 512 g/mol. The standard InChI is InChI=1S/C30H32N4O4/c35-29(31-24-12-14-33(18-24)17-20-6-8-21(9-7-20)30(36)37)22-10-11-27-26(16-22)32-28(23-13-15-38-19-23)34(27)25-4-2-1-3-5-25/h6-11,13,15-16,19,24-25H,1-5,12,14,17-18H2,(H,31,35)(H,36,37). The van der Waals surface area contributed by atoms with Crippen LogP contribution in [0.5, 0.6) is 0 Å². The van der Waals surface area contributed by atoms with E-state index < -0.39 is 5.97 Å². The number of carbonyl (C=O) groups excluding carboxylic acids is 1. The Balaban J connectivity index is 1.15. The van der Waals surface area contributed by atoms with Gasteiger partial charge in [0.2, 0.25) is 0 Å². The van der Waals surface area contributed by atoms with Crippen LogP contribution in [-0.2, 0) is 6.54 Å². The molecule has 1 amide bonds. The minimum absolute atomic E-state index is 0.0674. The number of aromatic carboxylic acids is 1. The molecule has 0 spiro atoms. The molecule has 1 atom stereocenters. The Labute approximate surface area is 221 Å². The Morgan fingerprint density at radius 3 is 2.53 bits per heavy atom. The summed E-state index contributed by atoms with van der Waals surface area (Å²) >= 11 is 0. The van der Waals surface area contributed by atoms with Crippen molar-refractivity contribution in [1.82, 2.24) is 19.8 Å². The molecule has 0 bridgehead atoms. The van der Waals surface area contributed by atoms with Gasteiger partial charge in [-0.05, 0) is 61.2 Å². The highest BCUT2D eigenvalue weighted by Crippen LogP contribution is 2.36. The average molecular weight is 513 g/mol. The third kappa shape index (κ3) is 4.96. The Morgan fingerprint density at radius 2 is 1.79 bits per heavy atom. The average Bonchev–Trinajstić information content (AvgIpc) is 3.69. The summed E-state index contributed by atoms with van der Waals surface area (Å²) < 4.78 is 7.71. The molecule has 2 aromatic heterocycles. The highest BCUT2D eigenvalue weighted by Gasteiger charge is 2.26. The SMILES string of the molecule is O=C(O)c1ccc(CN2CCC(NC(=O)c3ccc4c(c3)nc(-c3ccoc3)n4C3CCCCC3)C2)cc1. The van der Waals surface area contributed by atoms with Gasteiger partial charge in [-0.1, -0.05) is 31.4 Å². The molecule has 2 aromatic carbocycles. The first kappa shape index (κ1) is 24.4. The maximum Gasteiger partial charge on any atom is 0.335 e. The van der Waals surface area contributed by atoms with Gasteiger partial charge in [-0.15, -0.1) is 0 Å². The fraction of sp³-hybridized carbons (Fsp3) is 0.367. The number of carbonyl (C=O) groups is 2. The van der Waals surface area contributed by atoms with Crippen molar-refractivity contribution >= 4 is 22.9 Å². The summed E-state index contributed by atoms with van der Waals surface area (Å²) in [5.74, 6) is -0.0974. The number of furan rings is 1. The summed E-state index contributed by atoms with van der Waals surface area (Å²) in [5.41, 5.74) is 4.82. The van der Waals surface area contributed by atoms with E-state index in [1.165, 1.54) is 19.3 Å². The topological polar surface area (TPSA) is 101 Å². The maximum absolute atomic E-state index is 13.2. The zero-order chi connectivity index (χ0) is 26.1. The summed E-state index contributed by atoms with van der Waals surface area (Å²) in [5, 5.41) is 12.3. The van der Waals surface area contributed by atoms with E-state index in [4.69, 9.17) is 14.5 Å². The first-order valence-electron chi connectivity index (χ1n) is 13.4. The minimum atomic E-state index is -0.919. The first-order chi connectivity index (χ1) is 18.5. The molecular formula is C30H32N4O4. The molecule has 1 aliphatic heterocycles. The van der Waals surface area contributed by atoms with E-state index in [1.807, 2.05) is 36.4 Å². The van der Waals surface area contributed by atoms with Crippen molar-refractivity contribution in [3.8, 4) is 11.4 Å². The molecule has 1 unspecified atom stereocenters. The zero-order valence-corrected chi connectivity index (χ0v) is 21.3. The molecule has 1 aliphatic carbocycles. The lowest BCUT2D eigenvalue weighted by Gasteiger charge is -2.25. The van der Waals surface area contributed by atoms with Crippen LogP contribution in [0.3, 0.4) is 0 Å². The zero-order valence-electron chi connectivity index (χ0n) is 21.3. The molecule has 38 heavy (non-hydrogen) atoms. The van der Waals surface area contributed by atoms with Gasteiger partial charge in [0.25, 0.3) is 5.91 Å². The van der Waals surface area contributed by atoms with Crippen molar-refractivity contribution < 1.29 is 19.1 Å². The number of hydrogen-bond acceptors (Lipinski definition) is 5. The largest absolute Gasteiger partial charge is 0.478 e. The smallest absolute Gasteiger partial charge is 0.335 e. The van der Waals surface area contributed by atoms with Gasteiger partial charge in [-0.25, -0.2) is 9.78 Å². The van der Waals surface area contributed by atoms with E-state index in [9.17, 15) is 9.59 Å². The van der Waals surface area contributed by atoms with E-state index in [2.05, 4.69) is 14.8 Å². The molecule has 2 fully saturated rings. The number of benzene rings is 2. The number of carboxylic acid groups (broad SMARTS) is 1. The van der Waals surface area contributed by atoms with E-state index in [0.29, 0.717) is 11.6 Å². The van der Waals surface area contributed by atoms with Crippen LogP contribution in [0, 0.1) is 0 Å². The van der Waals surface area contributed by atoms with Crippen LogP contribution in [0.25, 0.3) is 22.4 Å². The lowest BCUT2D eigenvalue weighted by Crippen LogP contribution is -2.37. The van der Waals surface area contributed by atoms with E-state index in [1.54, 1.807) is 24.7 Å². The third-order valence-electron chi connectivity index (χ3n) is 7.89. The third-order valence-corrected chi connectivity index (χ3v) is 7.89. The van der Waals surface area contributed by atoms with Crippen LogP contribution >= 0.6 is 0 Å². The van der Waals surface area contributed by atoms with Crippen molar-refractivity contribution in [3.05, 3.63) is 77.7 Å². The predicted molar refractivity (Wildman–Crippen MR) is 144 cm³/mol. The molecule has 2 aliphatic rings. The van der Waals surface area contributed by atoms with Crippen molar-refractivity contribution in [1.29, 1.82) is 0 Å². The van der Waals surface area contributed by atoms with E-state index in [-0.39, 0.29) is 17.5 Å². The minimum Gasteiger partial charge on any atom is -0.478 e. The second-order valence-corrected chi connectivity index (χ2v) is 10.5. The molecule has 8 heteroatoms. The fourth-order valence-electron chi connectivity index (χ4n) is 5.92. The summed E-state index contributed by atoms with van der Waals surface area (Å²) in [6.45, 7) is 2.37. The Hall–Kier alpha value is -3.91. The highest BCUT2D eigenvalue weighted by molar-refractivity contribution is 5.98. The number of imidazole rings is 1. The number of nitrogens with zero attached hydrogens (tertiary/aromatic N) is 3. The van der Waals surface area contributed by atoms with Gasteiger partial charge in [0, 0.05) is 37.3 Å². The van der Waals surface area contributed by atoms with Crippen molar-refractivity contribution in [3.63, 3.8) is 0 Å². The van der Waals surface area contributed by atoms with Gasteiger partial charge >= 0.3 is 5.97 Å². The van der Waals surface area contributed by atoms with Gasteiger partial charge in [0.05, 0.1) is 28.4 Å². The van der Waals surface area contributed by atoms with Crippen LogP contribution in [0.1, 0.15) is 70.8 Å².